The Hall–Kier alpha value is 0.560. The molecule has 0 aliphatic rings. The molecule has 0 aromatic rings. The van der Waals surface area contributed by atoms with Gasteiger partial charge in [0.15, 0.2) is 0 Å². The first kappa shape index (κ1) is 1.34. The van der Waals surface area contributed by atoms with Crippen molar-refractivity contribution in [2.75, 3.05) is 0 Å². The smallest absolute Gasteiger partial charge is 0.127 e. The Balaban J connectivity index is 3.14. The molecule has 0 aliphatic carbocycles. The molecule has 0 aromatic heterocycles. The van der Waals surface area contributed by atoms with Gasteiger partial charge in [-0.3, -0.25) is 0 Å². The summed E-state index contributed by atoms with van der Waals surface area (Å²) in [5, 5.41) is 0. The number of rotatable bonds is 2. The molecule has 0 bridgehead atoms. The van der Waals surface area contributed by atoms with Crippen LogP contribution in [0.25, 0.3) is 0 Å². The van der Waals surface area contributed by atoms with E-state index in [4.69, 9.17) is 3.95 Å². The molecule has 0 aromatic carbocycles. The maximum absolute atomic E-state index is 6.91. The van der Waals surface area contributed by atoms with E-state index in [-0.39, 0.29) is 0 Å². The van der Waals surface area contributed by atoms with Crippen LogP contribution in [0.1, 0.15) is 0 Å². The fraction of sp³-hybridized carbons (Fsp3) is 1.00. The molecule has 3 heteroatoms. The van der Waals surface area contributed by atoms with Gasteiger partial charge in [-0.2, -0.15) is 0 Å². The molecule has 1 radical (unpaired) electrons. The second-order valence-corrected chi connectivity index (χ2v) is 1.22. The Morgan fingerprint density at radius 1 is 3.25 bits per heavy atom. The van der Waals surface area contributed by atoms with Crippen LogP contribution in [0.4, 0.5) is 0 Å². The molecule has 0 saturated carbocycles. The quantitative estimate of drug-likeness (QED) is 0.317. The molecule has 1 atom stereocenters. The summed E-state index contributed by atoms with van der Waals surface area (Å²) in [6, 6.07) is 0. The van der Waals surface area contributed by atoms with Crippen molar-refractivity contribution < 1.29 is 0 Å². The molecule has 0 heterocycles. The zero-order valence-electron chi connectivity index (χ0n) is 5.60. The lowest BCUT2D eigenvalue weighted by molar-refractivity contribution is 2.38. The summed E-state index contributed by atoms with van der Waals surface area (Å²) in [6.07, 6.45) is 0. The molecule has 0 amide bonds. The Morgan fingerprint density at radius 2 is 4.00 bits per heavy atom. The van der Waals surface area contributed by atoms with Crippen LogP contribution in [0.3, 0.4) is 0 Å². The first-order valence-corrected chi connectivity index (χ1v) is 2.13. The molecule has 0 rings (SSSR count). The average molecular weight is 75.7 g/mol. The Labute approximate surface area is 34.7 Å². The van der Waals surface area contributed by atoms with E-state index < -0.39 is 15.8 Å². The first-order chi connectivity index (χ1) is 3.18. The summed E-state index contributed by atoms with van der Waals surface area (Å²) < 4.78 is 20.2. The van der Waals surface area contributed by atoms with Crippen LogP contribution in [0.5, 0.6) is 0 Å². The lowest BCUT2D eigenvalue weighted by Crippen LogP contribution is -1.57. The molecule has 0 spiro atoms. The van der Waals surface area contributed by atoms with Gasteiger partial charge in [0.1, 0.15) is 14.5 Å². The zero-order valence-corrected chi connectivity index (χ0v) is 3.50. The fourth-order valence-electron chi connectivity index (χ4n) is 0. The highest BCUT2D eigenvalue weighted by atomic mass is 31.1. The van der Waals surface area contributed by atoms with Gasteiger partial charge < -0.3 is 0 Å². The van der Waals surface area contributed by atoms with Gasteiger partial charge in [-0.05, 0) is 2.67 Å². The summed E-state index contributed by atoms with van der Waals surface area (Å²) in [7, 11) is -2.14. The molecular weight excluding hydrogens is 64.6 g/mol. The van der Waals surface area contributed by atoms with Gasteiger partial charge in [-0.15, -0.1) is 0 Å². The molecule has 0 N–H and O–H groups in total. The third-order valence-corrected chi connectivity index (χ3v) is 0.447. The van der Waals surface area contributed by atoms with Crippen molar-refractivity contribution in [1.82, 2.24) is 0 Å². The third-order valence-electron chi connectivity index (χ3n) is 0.149. The summed E-state index contributed by atoms with van der Waals surface area (Å²) in [5.74, 6) is 0. The van der Waals surface area contributed by atoms with Crippen molar-refractivity contribution in [2.24, 2.45) is 0 Å². The summed E-state index contributed by atoms with van der Waals surface area (Å²) in [6.45, 7) is 3.31. The van der Waals surface area contributed by atoms with Gasteiger partial charge >= 0.3 is 0 Å². The van der Waals surface area contributed by atoms with E-state index in [2.05, 4.69) is 0 Å². The summed E-state index contributed by atoms with van der Waals surface area (Å²) >= 11 is 0. The summed E-state index contributed by atoms with van der Waals surface area (Å²) in [5.41, 5.74) is 0. The molecule has 0 fully saturated rings. The first-order valence-electron chi connectivity index (χ1n) is 2.70. The van der Waals surface area contributed by atoms with Gasteiger partial charge in [0, 0.05) is 1.28 Å². The van der Waals surface area contributed by atoms with Crippen molar-refractivity contribution in [3.05, 3.63) is 0 Å². The predicted octanol–water partition coefficient (Wildman–Crippen LogP) is -0.120. The van der Waals surface area contributed by atoms with E-state index in [1.54, 1.807) is 13.8 Å². The maximum atomic E-state index is 6.91. The second kappa shape index (κ2) is 3.56. The van der Waals surface area contributed by atoms with Crippen LogP contribution in [0, 0.1) is 0 Å². The standard InChI is InChI=1S/CH6B2P/c1-3-4-2/h4H,2H2,1H3/i2TD,4T. The molecule has 0 saturated heterocycles. The van der Waals surface area contributed by atoms with E-state index in [1.807, 2.05) is 0 Å². The highest BCUT2D eigenvalue weighted by Crippen LogP contribution is 1.90. The van der Waals surface area contributed by atoms with Crippen molar-refractivity contribution in [1.29, 1.82) is 3.95 Å². The van der Waals surface area contributed by atoms with E-state index in [1.165, 1.54) is 0 Å². The topological polar surface area (TPSA) is 0 Å². The van der Waals surface area contributed by atoms with Crippen molar-refractivity contribution in [2.45, 2.75) is 6.82 Å². The third kappa shape index (κ3) is 2.56. The lowest BCUT2D eigenvalue weighted by Gasteiger charge is -1.65. The van der Waals surface area contributed by atoms with Crippen LogP contribution in [-0.4, -0.2) is 18.4 Å². The van der Waals surface area contributed by atoms with Crippen LogP contribution in [-0.2, 0) is 0 Å². The van der Waals surface area contributed by atoms with E-state index in [0.29, 0.717) is 0 Å². The zero-order chi connectivity index (χ0) is 5.86. The van der Waals surface area contributed by atoms with Gasteiger partial charge in [0.05, 0.1) is 0 Å². The normalized spacial score (nSPS) is 23.8. The minimum Gasteiger partial charge on any atom is -0.202 e. The molecule has 0 nitrogen and oxygen atoms in total. The fourth-order valence-corrected chi connectivity index (χ4v) is 0. The van der Waals surface area contributed by atoms with E-state index >= 15 is 0 Å². The van der Waals surface area contributed by atoms with Crippen molar-refractivity contribution in [3.63, 3.8) is 0 Å². The molecule has 1 unspecified atom stereocenters. The van der Waals surface area contributed by atoms with Crippen LogP contribution in [0.2, 0.25) is 6.82 Å². The Morgan fingerprint density at radius 3 is 4.00 bits per heavy atom. The van der Waals surface area contributed by atoms with E-state index in [0.717, 1.165) is 0 Å². The van der Waals surface area contributed by atoms with Crippen molar-refractivity contribution in [3.8, 4) is 0 Å². The average Bonchev–Trinajstić information content (AvgIpc) is 1.65. The van der Waals surface area contributed by atoms with Gasteiger partial charge in [-0.25, -0.2) is 8.28 Å². The molecule has 4 heavy (non-hydrogen) atoms. The van der Waals surface area contributed by atoms with Gasteiger partial charge in [0.25, 0.3) is 0 Å². The van der Waals surface area contributed by atoms with Crippen LogP contribution >= 0.6 is 8.28 Å². The predicted molar refractivity (Wildman–Crippen MR) is 28.5 cm³/mol. The number of hydrogen-bond donors (Lipinski definition) is 0. The highest BCUT2D eigenvalue weighted by molar-refractivity contribution is 7.90. The molecule has 0 aliphatic heterocycles. The van der Waals surface area contributed by atoms with E-state index in [9.17, 15) is 0 Å². The van der Waals surface area contributed by atoms with Crippen molar-refractivity contribution >= 4 is 22.8 Å². The number of hydrogen-bond acceptors (Lipinski definition) is 0. The summed E-state index contributed by atoms with van der Waals surface area (Å²) in [4.78, 5) is 0. The Kier molecular flexibility index (Phi) is 1.20. The van der Waals surface area contributed by atoms with Gasteiger partial charge in [0.2, 0.25) is 0 Å². The molecular formula is CH6B2P. The highest BCUT2D eigenvalue weighted by Gasteiger charge is 1.60. The SMILES string of the molecule is [2H]B([3H])P([3H])[B]C. The largest absolute Gasteiger partial charge is 0.202 e. The van der Waals surface area contributed by atoms with Crippen LogP contribution in [0.15, 0.2) is 0 Å². The Bertz CT molecular complexity index is 50.2. The second-order valence-electron chi connectivity index (χ2n) is 0.407. The molecule has 21 valence electrons. The van der Waals surface area contributed by atoms with Crippen LogP contribution < -0.4 is 0 Å². The monoisotopic (exact) mass is 76.1 g/mol. The minimum absolute atomic E-state index is 0.958. The maximum Gasteiger partial charge on any atom is 0.127 e. The minimum atomic E-state index is -1.18. The lowest BCUT2D eigenvalue weighted by atomic mass is 10.2. The van der Waals surface area contributed by atoms with Gasteiger partial charge in [-0.1, -0.05) is 6.82 Å².